The highest BCUT2D eigenvalue weighted by Gasteiger charge is 2.52. The van der Waals surface area contributed by atoms with E-state index in [0.29, 0.717) is 6.61 Å². The number of para-hydroxylation sites is 1. The molecule has 0 aliphatic heterocycles. The Morgan fingerprint density at radius 1 is 0.868 bits per heavy atom. The molecule has 0 saturated carbocycles. The number of hydrogen-bond acceptors (Lipinski definition) is 3. The summed E-state index contributed by atoms with van der Waals surface area (Å²) in [5.74, 6) is 0.199. The van der Waals surface area contributed by atoms with Crippen molar-refractivity contribution >= 4 is 19.2 Å². The molecule has 3 aromatic carbocycles. The lowest BCUT2D eigenvalue weighted by molar-refractivity contribution is 0.0568. The maximum Gasteiger partial charge on any atom is 0.399 e. The van der Waals surface area contributed by atoms with E-state index in [-0.39, 0.29) is 11.3 Å². The molecule has 6 nitrogen and oxygen atoms in total. The normalized spacial score (nSPS) is 11.8. The van der Waals surface area contributed by atoms with Crippen LogP contribution in [0.25, 0.3) is 11.1 Å². The number of amides is 1. The van der Waals surface area contributed by atoms with Gasteiger partial charge in [0, 0.05) is 12.6 Å². The summed E-state index contributed by atoms with van der Waals surface area (Å²) in [6, 6.07) is 19.1. The van der Waals surface area contributed by atoms with Gasteiger partial charge in [-0.3, -0.25) is 9.36 Å². The van der Waals surface area contributed by atoms with Crippen molar-refractivity contribution in [2.75, 3.05) is 18.6 Å². The molecule has 3 aromatic rings. The first-order valence-electron chi connectivity index (χ1n) is 12.7. The maximum atomic E-state index is 14.5. The fraction of sp³-hybridized carbons (Fsp3) is 0.345. The minimum absolute atomic E-state index is 0.240. The van der Waals surface area contributed by atoms with Crippen LogP contribution in [0.15, 0.2) is 72.8 Å². The van der Waals surface area contributed by atoms with E-state index in [4.69, 9.17) is 14.5 Å². The van der Waals surface area contributed by atoms with Crippen molar-refractivity contribution in [1.29, 1.82) is 0 Å². The summed E-state index contributed by atoms with van der Waals surface area (Å²) >= 11 is 0. The molecule has 0 bridgehead atoms. The van der Waals surface area contributed by atoms with Gasteiger partial charge in [-0.05, 0) is 47.9 Å². The Hall–Kier alpha value is -3.06. The molecule has 0 spiro atoms. The molecule has 38 heavy (non-hydrogen) atoms. The number of alkyl halides is 2. The molecule has 9 heteroatoms. The van der Waals surface area contributed by atoms with Crippen LogP contribution in [0.2, 0.25) is 0 Å². The molecule has 0 radical (unpaired) electrons. The number of benzene rings is 3. The fourth-order valence-electron chi connectivity index (χ4n) is 4.10. The number of nitrogens with zero attached hydrogens (tertiary/aromatic N) is 1. The Labute approximate surface area is 222 Å². The average molecular weight is 546 g/mol. The van der Waals surface area contributed by atoms with Crippen molar-refractivity contribution in [3.05, 3.63) is 83.9 Å². The van der Waals surface area contributed by atoms with E-state index in [9.17, 15) is 18.1 Å². The number of unbranched alkanes of at least 4 members (excludes halogenated alkanes) is 5. The van der Waals surface area contributed by atoms with E-state index in [2.05, 4.69) is 6.92 Å². The minimum Gasteiger partial charge on any atom is -0.494 e. The molecule has 0 aliphatic rings. The Kier molecular flexibility index (Phi) is 10.2. The molecular weight excluding hydrogens is 511 g/mol. The summed E-state index contributed by atoms with van der Waals surface area (Å²) in [4.78, 5) is 32.3. The van der Waals surface area contributed by atoms with Crippen LogP contribution in [0.3, 0.4) is 0 Å². The second kappa shape index (κ2) is 13.1. The second-order valence-corrected chi connectivity index (χ2v) is 10.8. The highest BCUT2D eigenvalue weighted by atomic mass is 31.2. The molecule has 0 fully saturated rings. The number of halogens is 2. The molecule has 0 aliphatic carbocycles. The van der Waals surface area contributed by atoms with Crippen LogP contribution in [-0.2, 0) is 10.2 Å². The molecule has 1 amide bonds. The van der Waals surface area contributed by atoms with Crippen molar-refractivity contribution in [2.24, 2.45) is 0 Å². The average Bonchev–Trinajstić information content (AvgIpc) is 2.91. The van der Waals surface area contributed by atoms with Crippen LogP contribution in [0.1, 0.15) is 61.4 Å². The standard InChI is InChI=1S/C29H34F2NO5P/c1-3-4-5-6-7-10-21-37-25-19-17-23(18-20-25)22-13-15-24(16-14-22)28(33)32(2)27-12-9-8-11-26(27)29(30,31)38(34,35)36/h8-9,11-20H,3-7,10,21H2,1-2H3,(H2,34,35,36). The first-order valence-corrected chi connectivity index (χ1v) is 14.3. The molecule has 2 N–H and O–H groups in total. The van der Waals surface area contributed by atoms with Gasteiger partial charge < -0.3 is 19.4 Å². The van der Waals surface area contributed by atoms with Crippen molar-refractivity contribution in [1.82, 2.24) is 0 Å². The number of ether oxygens (including phenoxy) is 1. The third-order valence-corrected chi connectivity index (χ3v) is 7.32. The Bertz CT molecular complexity index is 1240. The van der Waals surface area contributed by atoms with E-state index >= 15 is 0 Å². The molecule has 0 heterocycles. The predicted molar refractivity (Wildman–Crippen MR) is 146 cm³/mol. The van der Waals surface area contributed by atoms with Gasteiger partial charge >= 0.3 is 13.3 Å². The van der Waals surface area contributed by atoms with Gasteiger partial charge in [0.05, 0.1) is 17.9 Å². The topological polar surface area (TPSA) is 87.1 Å². The third-order valence-electron chi connectivity index (χ3n) is 6.35. The number of rotatable bonds is 13. The van der Waals surface area contributed by atoms with Gasteiger partial charge in [0.2, 0.25) is 0 Å². The van der Waals surface area contributed by atoms with Crippen LogP contribution in [0.4, 0.5) is 14.5 Å². The minimum atomic E-state index is -5.80. The number of hydrogen-bond donors (Lipinski definition) is 2. The summed E-state index contributed by atoms with van der Waals surface area (Å²) in [5, 5.41) is 0. The molecular formula is C29H34F2NO5P. The van der Waals surface area contributed by atoms with Crippen molar-refractivity contribution in [2.45, 2.75) is 51.1 Å². The quantitative estimate of drug-likeness (QED) is 0.171. The van der Waals surface area contributed by atoms with E-state index in [1.54, 1.807) is 24.3 Å². The van der Waals surface area contributed by atoms with E-state index < -0.39 is 24.7 Å². The summed E-state index contributed by atoms with van der Waals surface area (Å²) < 4.78 is 46.1. The van der Waals surface area contributed by atoms with Gasteiger partial charge in [0.15, 0.2) is 0 Å². The van der Waals surface area contributed by atoms with Crippen LogP contribution >= 0.6 is 7.60 Å². The third kappa shape index (κ3) is 7.28. The summed E-state index contributed by atoms with van der Waals surface area (Å²) in [6.07, 6.45) is 7.20. The van der Waals surface area contributed by atoms with E-state index in [0.717, 1.165) is 40.7 Å². The summed E-state index contributed by atoms with van der Waals surface area (Å²) in [6.45, 7) is 2.88. The molecule has 0 aromatic heterocycles. The van der Waals surface area contributed by atoms with Crippen LogP contribution in [-0.4, -0.2) is 29.3 Å². The van der Waals surface area contributed by atoms with Gasteiger partial charge in [0.25, 0.3) is 5.91 Å². The van der Waals surface area contributed by atoms with Gasteiger partial charge in [-0.1, -0.05) is 81.5 Å². The summed E-state index contributed by atoms with van der Waals surface area (Å²) in [5.41, 5.74) is -3.61. The lowest BCUT2D eigenvalue weighted by atomic mass is 10.0. The van der Waals surface area contributed by atoms with E-state index in [1.165, 1.54) is 50.9 Å². The second-order valence-electron chi connectivity index (χ2n) is 9.18. The van der Waals surface area contributed by atoms with Crippen LogP contribution in [0.5, 0.6) is 5.75 Å². The highest BCUT2D eigenvalue weighted by molar-refractivity contribution is 7.52. The smallest absolute Gasteiger partial charge is 0.399 e. The number of carbonyl (C=O) groups excluding carboxylic acids is 1. The lowest BCUT2D eigenvalue weighted by Crippen LogP contribution is -2.29. The monoisotopic (exact) mass is 545 g/mol. The van der Waals surface area contributed by atoms with Crippen molar-refractivity contribution in [3.8, 4) is 16.9 Å². The fourth-order valence-corrected chi connectivity index (χ4v) is 4.60. The molecule has 0 saturated heterocycles. The van der Waals surface area contributed by atoms with Crippen molar-refractivity contribution < 1.29 is 32.7 Å². The zero-order chi connectivity index (χ0) is 27.8. The molecule has 0 unspecified atom stereocenters. The maximum absolute atomic E-state index is 14.5. The molecule has 204 valence electrons. The lowest BCUT2D eigenvalue weighted by Gasteiger charge is -2.25. The molecule has 0 atom stereocenters. The number of anilines is 1. The van der Waals surface area contributed by atoms with Gasteiger partial charge in [-0.25, -0.2) is 0 Å². The van der Waals surface area contributed by atoms with E-state index in [1.807, 2.05) is 24.3 Å². The Balaban J connectivity index is 1.65. The number of carbonyl (C=O) groups is 1. The first kappa shape index (κ1) is 29.5. The van der Waals surface area contributed by atoms with Gasteiger partial charge in [0.1, 0.15) is 5.75 Å². The first-order chi connectivity index (χ1) is 18.1. The Morgan fingerprint density at radius 2 is 1.42 bits per heavy atom. The van der Waals surface area contributed by atoms with Gasteiger partial charge in [-0.15, -0.1) is 0 Å². The summed E-state index contributed by atoms with van der Waals surface area (Å²) in [7, 11) is -4.51. The predicted octanol–water partition coefficient (Wildman–Crippen LogP) is 7.60. The Morgan fingerprint density at radius 3 is 2.03 bits per heavy atom. The molecule has 3 rings (SSSR count). The SMILES string of the molecule is CCCCCCCCOc1ccc(-c2ccc(C(=O)N(C)c3ccccc3C(F)(F)P(=O)(O)O)cc2)cc1. The van der Waals surface area contributed by atoms with Crippen LogP contribution in [0, 0.1) is 0 Å². The van der Waals surface area contributed by atoms with Crippen LogP contribution < -0.4 is 9.64 Å². The zero-order valence-electron chi connectivity index (χ0n) is 21.6. The van der Waals surface area contributed by atoms with Gasteiger partial charge in [-0.2, -0.15) is 8.78 Å². The van der Waals surface area contributed by atoms with Crippen molar-refractivity contribution in [3.63, 3.8) is 0 Å². The largest absolute Gasteiger partial charge is 0.494 e. The zero-order valence-corrected chi connectivity index (χ0v) is 22.5. The highest BCUT2D eigenvalue weighted by Crippen LogP contribution is 2.60.